The van der Waals surface area contributed by atoms with Gasteiger partial charge in [0.25, 0.3) is 5.56 Å². The van der Waals surface area contributed by atoms with Gasteiger partial charge in [0.1, 0.15) is 11.3 Å². The van der Waals surface area contributed by atoms with Gasteiger partial charge >= 0.3 is 0 Å². The minimum absolute atomic E-state index is 0.281. The predicted octanol–water partition coefficient (Wildman–Crippen LogP) is 8.17. The Labute approximate surface area is 258 Å². The van der Waals surface area contributed by atoms with Crippen molar-refractivity contribution in [3.8, 4) is 17.3 Å². The first-order chi connectivity index (χ1) is 22.1. The Morgan fingerprint density at radius 3 is 2.42 bits per heavy atom. The minimum atomic E-state index is -0.281. The highest BCUT2D eigenvalue weighted by atomic mass is 16.5. The average Bonchev–Trinajstić information content (AvgIpc) is 3.63. The van der Waals surface area contributed by atoms with Gasteiger partial charge in [-0.3, -0.25) is 4.79 Å². The standard InChI is InChI=1S/C38H28N4O3/c1-24-31(28-15-6-8-18-33(28)41(24)23-26-13-9-12-25-11-3-4-14-27(25)26)22-39-42-37(40-32-17-7-5-16-29(32)38(42)43)36-21-30-34(44-2)19-10-20-35(30)45-36/h3-22H,23H2,1-2H3. The minimum Gasteiger partial charge on any atom is -0.496 e. The second-order valence-electron chi connectivity index (χ2n) is 11.0. The molecular weight excluding hydrogens is 560 g/mol. The second-order valence-corrected chi connectivity index (χ2v) is 11.0. The van der Waals surface area contributed by atoms with Crippen molar-refractivity contribution in [1.82, 2.24) is 14.2 Å². The van der Waals surface area contributed by atoms with Crippen molar-refractivity contribution in [2.45, 2.75) is 13.5 Å². The van der Waals surface area contributed by atoms with E-state index in [1.165, 1.54) is 21.0 Å². The van der Waals surface area contributed by atoms with Crippen LogP contribution in [0.3, 0.4) is 0 Å². The van der Waals surface area contributed by atoms with Gasteiger partial charge in [0.2, 0.25) is 5.82 Å². The molecule has 0 bridgehead atoms. The van der Waals surface area contributed by atoms with Gasteiger partial charge in [-0.2, -0.15) is 9.78 Å². The lowest BCUT2D eigenvalue weighted by molar-refractivity contribution is 0.419. The second kappa shape index (κ2) is 10.6. The SMILES string of the molecule is COc1cccc2oc(-c3nc4ccccc4c(=O)n3N=Cc3c(C)n(Cc4cccc5ccccc45)c4ccccc34)cc12. The van der Waals surface area contributed by atoms with Gasteiger partial charge in [0.05, 0.1) is 29.6 Å². The molecule has 7 heteroatoms. The summed E-state index contributed by atoms with van der Waals surface area (Å²) < 4.78 is 15.4. The molecule has 0 spiro atoms. The highest BCUT2D eigenvalue weighted by molar-refractivity contribution is 6.01. The number of ether oxygens (including phenoxy) is 1. The Bertz CT molecular complexity index is 2490. The Morgan fingerprint density at radius 2 is 1.56 bits per heavy atom. The lowest BCUT2D eigenvalue weighted by Gasteiger charge is -2.11. The van der Waals surface area contributed by atoms with E-state index in [4.69, 9.17) is 19.2 Å². The molecule has 0 saturated heterocycles. The molecule has 0 unspecified atom stereocenters. The summed E-state index contributed by atoms with van der Waals surface area (Å²) >= 11 is 0. The van der Waals surface area contributed by atoms with Crippen molar-refractivity contribution >= 4 is 49.8 Å². The van der Waals surface area contributed by atoms with Crippen LogP contribution in [0.2, 0.25) is 0 Å². The molecule has 45 heavy (non-hydrogen) atoms. The van der Waals surface area contributed by atoms with Crippen LogP contribution in [0.25, 0.3) is 55.1 Å². The highest BCUT2D eigenvalue weighted by Gasteiger charge is 2.19. The van der Waals surface area contributed by atoms with Crippen LogP contribution < -0.4 is 10.3 Å². The lowest BCUT2D eigenvalue weighted by Crippen LogP contribution is -2.20. The van der Waals surface area contributed by atoms with Crippen molar-refractivity contribution < 1.29 is 9.15 Å². The van der Waals surface area contributed by atoms with Gasteiger partial charge in [-0.15, -0.1) is 0 Å². The molecule has 0 aliphatic rings. The van der Waals surface area contributed by atoms with Crippen molar-refractivity contribution in [2.24, 2.45) is 5.10 Å². The average molecular weight is 589 g/mol. The normalized spacial score (nSPS) is 11.9. The molecule has 0 amide bonds. The predicted molar refractivity (Wildman–Crippen MR) is 180 cm³/mol. The number of para-hydroxylation sites is 2. The number of nitrogens with zero attached hydrogens (tertiary/aromatic N) is 4. The van der Waals surface area contributed by atoms with E-state index in [-0.39, 0.29) is 5.56 Å². The Hall–Kier alpha value is -5.95. The molecule has 3 aromatic heterocycles. The molecule has 7 nitrogen and oxygen atoms in total. The van der Waals surface area contributed by atoms with Crippen molar-refractivity contribution in [3.05, 3.63) is 142 Å². The highest BCUT2D eigenvalue weighted by Crippen LogP contribution is 2.33. The van der Waals surface area contributed by atoms with Gasteiger partial charge in [0.15, 0.2) is 5.76 Å². The first kappa shape index (κ1) is 26.7. The van der Waals surface area contributed by atoms with Gasteiger partial charge in [-0.05, 0) is 59.7 Å². The number of rotatable bonds is 6. The molecular formula is C38H28N4O3. The van der Waals surface area contributed by atoms with E-state index in [0.717, 1.165) is 27.5 Å². The zero-order valence-corrected chi connectivity index (χ0v) is 24.8. The van der Waals surface area contributed by atoms with Gasteiger partial charge < -0.3 is 13.7 Å². The van der Waals surface area contributed by atoms with E-state index in [1.807, 2.05) is 54.6 Å². The van der Waals surface area contributed by atoms with Gasteiger partial charge in [-0.1, -0.05) is 78.9 Å². The van der Waals surface area contributed by atoms with Crippen LogP contribution in [0, 0.1) is 6.92 Å². The van der Waals surface area contributed by atoms with Crippen LogP contribution in [0.15, 0.2) is 130 Å². The summed E-state index contributed by atoms with van der Waals surface area (Å²) in [5, 5.41) is 9.57. The zero-order chi connectivity index (χ0) is 30.5. The monoisotopic (exact) mass is 588 g/mol. The van der Waals surface area contributed by atoms with E-state index >= 15 is 0 Å². The lowest BCUT2D eigenvalue weighted by atomic mass is 10.0. The number of furan rings is 1. The van der Waals surface area contributed by atoms with Gasteiger partial charge in [0, 0.05) is 28.7 Å². The van der Waals surface area contributed by atoms with Crippen LogP contribution in [0.4, 0.5) is 0 Å². The fraction of sp³-hybridized carbons (Fsp3) is 0.0789. The third-order valence-electron chi connectivity index (χ3n) is 8.51. The number of methoxy groups -OCH3 is 1. The fourth-order valence-corrected chi connectivity index (χ4v) is 6.25. The molecule has 0 aliphatic carbocycles. The number of benzene rings is 5. The largest absolute Gasteiger partial charge is 0.496 e. The molecule has 0 radical (unpaired) electrons. The molecule has 0 atom stereocenters. The van der Waals surface area contributed by atoms with E-state index in [0.29, 0.717) is 40.4 Å². The summed E-state index contributed by atoms with van der Waals surface area (Å²) in [5.74, 6) is 1.41. The molecule has 5 aromatic carbocycles. The zero-order valence-electron chi connectivity index (χ0n) is 24.8. The summed E-state index contributed by atoms with van der Waals surface area (Å²) in [6.45, 7) is 2.80. The number of aromatic nitrogens is 3. The molecule has 8 aromatic rings. The van der Waals surface area contributed by atoms with Crippen LogP contribution in [-0.2, 0) is 6.54 Å². The molecule has 3 heterocycles. The summed E-state index contributed by atoms with van der Waals surface area (Å²) in [6, 6.07) is 37.9. The van der Waals surface area contributed by atoms with E-state index in [1.54, 1.807) is 19.4 Å². The maximum atomic E-state index is 13.9. The maximum Gasteiger partial charge on any atom is 0.282 e. The van der Waals surface area contributed by atoms with Gasteiger partial charge in [-0.25, -0.2) is 4.98 Å². The Kier molecular flexibility index (Phi) is 6.31. The topological polar surface area (TPSA) is 74.6 Å². The van der Waals surface area contributed by atoms with E-state index in [9.17, 15) is 4.79 Å². The molecule has 0 aliphatic heterocycles. The quantitative estimate of drug-likeness (QED) is 0.184. The van der Waals surface area contributed by atoms with Crippen LogP contribution in [0.1, 0.15) is 16.8 Å². The van der Waals surface area contributed by atoms with E-state index < -0.39 is 0 Å². The molecule has 8 rings (SSSR count). The molecule has 0 N–H and O–H groups in total. The van der Waals surface area contributed by atoms with Crippen LogP contribution in [-0.4, -0.2) is 27.6 Å². The molecule has 0 fully saturated rings. The number of fused-ring (bicyclic) bond motifs is 4. The molecule has 218 valence electrons. The fourth-order valence-electron chi connectivity index (χ4n) is 6.25. The number of hydrogen-bond acceptors (Lipinski definition) is 5. The summed E-state index contributed by atoms with van der Waals surface area (Å²) in [4.78, 5) is 18.8. The Morgan fingerprint density at radius 1 is 0.822 bits per heavy atom. The summed E-state index contributed by atoms with van der Waals surface area (Å²) in [7, 11) is 1.62. The third-order valence-corrected chi connectivity index (χ3v) is 8.51. The smallest absolute Gasteiger partial charge is 0.282 e. The first-order valence-electron chi connectivity index (χ1n) is 14.8. The summed E-state index contributed by atoms with van der Waals surface area (Å²) in [5.41, 5.74) is 5.23. The third kappa shape index (κ3) is 4.40. The number of hydrogen-bond donors (Lipinski definition) is 0. The van der Waals surface area contributed by atoms with E-state index in [2.05, 4.69) is 66.1 Å². The maximum absolute atomic E-state index is 13.9. The van der Waals surface area contributed by atoms with Crippen LogP contribution in [0.5, 0.6) is 5.75 Å². The van der Waals surface area contributed by atoms with Crippen molar-refractivity contribution in [3.63, 3.8) is 0 Å². The van der Waals surface area contributed by atoms with Crippen LogP contribution >= 0.6 is 0 Å². The Balaban J connectivity index is 1.30. The van der Waals surface area contributed by atoms with Crippen molar-refractivity contribution in [1.29, 1.82) is 0 Å². The van der Waals surface area contributed by atoms with Crippen molar-refractivity contribution in [2.75, 3.05) is 7.11 Å². The first-order valence-corrected chi connectivity index (χ1v) is 14.8. The summed E-state index contributed by atoms with van der Waals surface area (Å²) in [6.07, 6.45) is 1.77. The molecule has 0 saturated carbocycles.